The van der Waals surface area contributed by atoms with E-state index in [1.54, 1.807) is 0 Å². The minimum absolute atomic E-state index is 0.160. The maximum Gasteiger partial charge on any atom is 0.320 e. The quantitative estimate of drug-likeness (QED) is 0.919. The van der Waals surface area contributed by atoms with Gasteiger partial charge in [-0.15, -0.1) is 0 Å². The number of piperidine rings is 1. The Morgan fingerprint density at radius 3 is 2.45 bits per heavy atom. The van der Waals surface area contributed by atoms with Gasteiger partial charge in [0.1, 0.15) is 6.04 Å². The van der Waals surface area contributed by atoms with Crippen LogP contribution in [0.3, 0.4) is 0 Å². The lowest BCUT2D eigenvalue weighted by molar-refractivity contribution is -0.144. The monoisotopic (exact) mass is 275 g/mol. The predicted molar refractivity (Wildman–Crippen MR) is 80.8 cm³/mol. The highest BCUT2D eigenvalue weighted by atomic mass is 16.4. The Balaban J connectivity index is 2.07. The lowest BCUT2D eigenvalue weighted by atomic mass is 9.86. The lowest BCUT2D eigenvalue weighted by Gasteiger charge is -2.33. The molecule has 0 aromatic heterocycles. The Kier molecular flexibility index (Phi) is 4.48. The van der Waals surface area contributed by atoms with E-state index in [1.807, 2.05) is 0 Å². The average molecular weight is 275 g/mol. The van der Waals surface area contributed by atoms with Gasteiger partial charge in [0, 0.05) is 6.54 Å². The van der Waals surface area contributed by atoms with Gasteiger partial charge >= 0.3 is 5.97 Å². The number of hydrogen-bond acceptors (Lipinski definition) is 2. The molecule has 0 spiro atoms. The third-order valence-electron chi connectivity index (χ3n) is 4.10. The van der Waals surface area contributed by atoms with E-state index in [-0.39, 0.29) is 11.5 Å². The normalized spacial score (nSPS) is 20.9. The molecule has 1 heterocycles. The van der Waals surface area contributed by atoms with Gasteiger partial charge in [-0.25, -0.2) is 0 Å². The first kappa shape index (κ1) is 15.0. The van der Waals surface area contributed by atoms with Crippen LogP contribution in [0.2, 0.25) is 0 Å². The lowest BCUT2D eigenvalue weighted by Crippen LogP contribution is -2.43. The van der Waals surface area contributed by atoms with E-state index in [2.05, 4.69) is 49.9 Å². The molecule has 110 valence electrons. The van der Waals surface area contributed by atoms with Gasteiger partial charge in [0.2, 0.25) is 0 Å². The number of aliphatic carboxylic acids is 1. The Hall–Kier alpha value is -1.35. The first-order valence-corrected chi connectivity index (χ1v) is 7.44. The maximum atomic E-state index is 11.3. The highest BCUT2D eigenvalue weighted by Gasteiger charge is 2.28. The topological polar surface area (TPSA) is 40.5 Å². The summed E-state index contributed by atoms with van der Waals surface area (Å²) in [6.45, 7) is 8.23. The van der Waals surface area contributed by atoms with E-state index < -0.39 is 5.97 Å². The molecule has 1 unspecified atom stereocenters. The fraction of sp³-hybridized carbons (Fsp3) is 0.588. The van der Waals surface area contributed by atoms with E-state index in [0.717, 1.165) is 32.4 Å². The van der Waals surface area contributed by atoms with Crippen molar-refractivity contribution in [2.75, 3.05) is 6.54 Å². The van der Waals surface area contributed by atoms with Gasteiger partial charge in [0.25, 0.3) is 0 Å². The van der Waals surface area contributed by atoms with E-state index in [1.165, 1.54) is 11.1 Å². The van der Waals surface area contributed by atoms with Gasteiger partial charge in [-0.3, -0.25) is 9.69 Å². The molecule has 1 aliphatic rings. The zero-order chi connectivity index (χ0) is 14.8. The van der Waals surface area contributed by atoms with Crippen LogP contribution in [0.25, 0.3) is 0 Å². The van der Waals surface area contributed by atoms with Gasteiger partial charge in [0.05, 0.1) is 0 Å². The van der Waals surface area contributed by atoms with Gasteiger partial charge in [-0.1, -0.05) is 51.5 Å². The molecule has 3 heteroatoms. The molecule has 0 radical (unpaired) electrons. The van der Waals surface area contributed by atoms with Crippen LogP contribution in [0.4, 0.5) is 0 Å². The molecule has 2 rings (SSSR count). The first-order chi connectivity index (χ1) is 9.38. The summed E-state index contributed by atoms with van der Waals surface area (Å²) in [5.74, 6) is -0.684. The van der Waals surface area contributed by atoms with Crippen LogP contribution in [0, 0.1) is 0 Å². The van der Waals surface area contributed by atoms with Gasteiger partial charge in [-0.05, 0) is 35.9 Å². The summed E-state index contributed by atoms with van der Waals surface area (Å²) in [4.78, 5) is 13.4. The molecule has 3 nitrogen and oxygen atoms in total. The number of hydrogen-bond donors (Lipinski definition) is 1. The van der Waals surface area contributed by atoms with E-state index in [4.69, 9.17) is 0 Å². The molecule has 0 aliphatic carbocycles. The maximum absolute atomic E-state index is 11.3. The second kappa shape index (κ2) is 5.96. The van der Waals surface area contributed by atoms with Crippen LogP contribution in [-0.4, -0.2) is 28.6 Å². The van der Waals surface area contributed by atoms with Crippen LogP contribution < -0.4 is 0 Å². The summed E-state index contributed by atoms with van der Waals surface area (Å²) in [6.07, 6.45) is 2.90. The average Bonchev–Trinajstić information content (AvgIpc) is 2.38. The third kappa shape index (κ3) is 3.60. The molecule has 1 N–H and O–H groups in total. The highest BCUT2D eigenvalue weighted by Crippen LogP contribution is 2.24. The molecule has 0 bridgehead atoms. The van der Waals surface area contributed by atoms with Crippen molar-refractivity contribution in [2.45, 2.75) is 58.0 Å². The first-order valence-electron chi connectivity index (χ1n) is 7.44. The number of carbonyl (C=O) groups is 1. The molecule has 0 amide bonds. The van der Waals surface area contributed by atoms with Crippen LogP contribution in [0.15, 0.2) is 24.3 Å². The number of benzene rings is 1. The van der Waals surface area contributed by atoms with Crippen molar-refractivity contribution in [3.8, 4) is 0 Å². The molecule has 1 fully saturated rings. The summed E-state index contributed by atoms with van der Waals surface area (Å²) in [6, 6.07) is 8.28. The van der Waals surface area contributed by atoms with Gasteiger partial charge in [-0.2, -0.15) is 0 Å². The van der Waals surface area contributed by atoms with E-state index in [9.17, 15) is 9.90 Å². The van der Waals surface area contributed by atoms with Crippen molar-refractivity contribution in [1.82, 2.24) is 4.90 Å². The Morgan fingerprint density at radius 1 is 1.25 bits per heavy atom. The fourth-order valence-corrected chi connectivity index (χ4v) is 2.80. The molecule has 1 atom stereocenters. The largest absolute Gasteiger partial charge is 0.480 e. The second-order valence-corrected chi connectivity index (χ2v) is 6.77. The van der Waals surface area contributed by atoms with Crippen molar-refractivity contribution < 1.29 is 9.90 Å². The fourth-order valence-electron chi connectivity index (χ4n) is 2.80. The molecule has 0 saturated carbocycles. The number of carboxylic acid groups (broad SMARTS) is 1. The molecule has 1 aliphatic heterocycles. The van der Waals surface area contributed by atoms with Crippen molar-refractivity contribution >= 4 is 5.97 Å². The zero-order valence-electron chi connectivity index (χ0n) is 12.7. The van der Waals surface area contributed by atoms with Gasteiger partial charge < -0.3 is 5.11 Å². The van der Waals surface area contributed by atoms with Crippen LogP contribution in [0.5, 0.6) is 0 Å². The molecule has 1 saturated heterocycles. The van der Waals surface area contributed by atoms with Crippen LogP contribution >= 0.6 is 0 Å². The summed E-state index contributed by atoms with van der Waals surface area (Å²) in [7, 11) is 0. The Labute approximate surface area is 121 Å². The molecule has 20 heavy (non-hydrogen) atoms. The summed E-state index contributed by atoms with van der Waals surface area (Å²) in [5, 5.41) is 9.30. The minimum atomic E-state index is -0.684. The second-order valence-electron chi connectivity index (χ2n) is 6.77. The summed E-state index contributed by atoms with van der Waals surface area (Å²) in [5.41, 5.74) is 2.67. The number of nitrogens with zero attached hydrogens (tertiary/aromatic N) is 1. The number of rotatable bonds is 3. The SMILES string of the molecule is CC(C)(C)c1ccc(CN2CCCCC2C(=O)O)cc1. The van der Waals surface area contributed by atoms with Crippen molar-refractivity contribution in [3.63, 3.8) is 0 Å². The van der Waals surface area contributed by atoms with Crippen molar-refractivity contribution in [2.24, 2.45) is 0 Å². The summed E-state index contributed by atoms with van der Waals surface area (Å²) >= 11 is 0. The summed E-state index contributed by atoms with van der Waals surface area (Å²) < 4.78 is 0. The van der Waals surface area contributed by atoms with E-state index in [0.29, 0.717) is 0 Å². The third-order valence-corrected chi connectivity index (χ3v) is 4.10. The highest BCUT2D eigenvalue weighted by molar-refractivity contribution is 5.73. The Bertz CT molecular complexity index is 459. The predicted octanol–water partition coefficient (Wildman–Crippen LogP) is 3.42. The van der Waals surface area contributed by atoms with Crippen LogP contribution in [0.1, 0.15) is 51.2 Å². The zero-order valence-corrected chi connectivity index (χ0v) is 12.7. The molecule has 1 aromatic rings. The van der Waals surface area contributed by atoms with E-state index >= 15 is 0 Å². The minimum Gasteiger partial charge on any atom is -0.480 e. The Morgan fingerprint density at radius 2 is 1.90 bits per heavy atom. The standard InChI is InChI=1S/C17H25NO2/c1-17(2,3)14-9-7-13(8-10-14)12-18-11-5-4-6-15(18)16(19)20/h7-10,15H,4-6,11-12H2,1-3H3,(H,19,20). The smallest absolute Gasteiger partial charge is 0.320 e. The molecule has 1 aromatic carbocycles. The van der Waals surface area contributed by atoms with Crippen LogP contribution in [-0.2, 0) is 16.8 Å². The van der Waals surface area contributed by atoms with Gasteiger partial charge in [0.15, 0.2) is 0 Å². The van der Waals surface area contributed by atoms with Crippen molar-refractivity contribution in [1.29, 1.82) is 0 Å². The molecular weight excluding hydrogens is 250 g/mol. The number of likely N-dealkylation sites (tertiary alicyclic amines) is 1. The number of carboxylic acids is 1. The van der Waals surface area contributed by atoms with Crippen molar-refractivity contribution in [3.05, 3.63) is 35.4 Å². The molecular formula is C17H25NO2.